The van der Waals surface area contributed by atoms with E-state index in [1.165, 1.54) is 0 Å². The molecule has 0 fully saturated rings. The number of rotatable bonds is 4. The van der Waals surface area contributed by atoms with E-state index in [0.717, 1.165) is 28.7 Å². The molecule has 0 spiro atoms. The average molecular weight is 234 g/mol. The summed E-state index contributed by atoms with van der Waals surface area (Å²) in [5.41, 5.74) is 2.12. The maximum Gasteiger partial charge on any atom is 0.183 e. The number of ether oxygens (including phenoxy) is 1. The molecule has 0 saturated heterocycles. The van der Waals surface area contributed by atoms with Crippen molar-refractivity contribution >= 4 is 16.5 Å². The van der Waals surface area contributed by atoms with Crippen LogP contribution in [0, 0.1) is 0 Å². The summed E-state index contributed by atoms with van der Waals surface area (Å²) in [7, 11) is 1.67. The molecule has 1 heterocycles. The van der Waals surface area contributed by atoms with Gasteiger partial charge >= 0.3 is 0 Å². The second kappa shape index (κ2) is 4.99. The number of nitrogens with zero attached hydrogens (tertiary/aromatic N) is 1. The molecule has 84 valence electrons. The van der Waals surface area contributed by atoms with E-state index >= 15 is 0 Å². The Balaban J connectivity index is 2.21. The summed E-state index contributed by atoms with van der Waals surface area (Å²) in [4.78, 5) is 4.49. The van der Waals surface area contributed by atoms with Crippen LogP contribution in [0.1, 0.15) is 6.92 Å². The number of hydrogen-bond acceptors (Lipinski definition) is 4. The minimum atomic E-state index is 0.867. The van der Waals surface area contributed by atoms with Crippen LogP contribution in [0.25, 0.3) is 11.3 Å². The quantitative estimate of drug-likeness (QED) is 0.881. The zero-order valence-corrected chi connectivity index (χ0v) is 10.2. The Kier molecular flexibility index (Phi) is 3.41. The fraction of sp³-hybridized carbons (Fsp3) is 0.250. The third-order valence-electron chi connectivity index (χ3n) is 2.22. The lowest BCUT2D eigenvalue weighted by Crippen LogP contribution is -1.94. The molecule has 3 nitrogen and oxygen atoms in total. The van der Waals surface area contributed by atoms with Gasteiger partial charge in [-0.15, -0.1) is 11.3 Å². The van der Waals surface area contributed by atoms with Gasteiger partial charge in [0.2, 0.25) is 0 Å². The summed E-state index contributed by atoms with van der Waals surface area (Å²) in [5, 5.41) is 6.22. The number of benzene rings is 1. The van der Waals surface area contributed by atoms with Crippen molar-refractivity contribution in [1.82, 2.24) is 4.98 Å². The van der Waals surface area contributed by atoms with Gasteiger partial charge in [-0.3, -0.25) is 0 Å². The molecule has 0 aliphatic heterocycles. The lowest BCUT2D eigenvalue weighted by molar-refractivity contribution is 0.415. The minimum absolute atomic E-state index is 0.867. The van der Waals surface area contributed by atoms with Crippen LogP contribution < -0.4 is 10.1 Å². The fourth-order valence-corrected chi connectivity index (χ4v) is 2.19. The second-order valence-corrected chi connectivity index (χ2v) is 4.15. The van der Waals surface area contributed by atoms with E-state index < -0.39 is 0 Å². The molecule has 0 aliphatic rings. The third-order valence-corrected chi connectivity index (χ3v) is 3.02. The minimum Gasteiger partial charge on any atom is -0.497 e. The first-order chi connectivity index (χ1) is 7.83. The van der Waals surface area contributed by atoms with Crippen molar-refractivity contribution in [1.29, 1.82) is 0 Å². The summed E-state index contributed by atoms with van der Waals surface area (Å²) in [6, 6.07) is 7.93. The summed E-state index contributed by atoms with van der Waals surface area (Å²) < 4.78 is 5.12. The van der Waals surface area contributed by atoms with Crippen molar-refractivity contribution in [3.05, 3.63) is 29.6 Å². The SMILES string of the molecule is CCNc1nc(-c2ccc(OC)cc2)cs1. The molecule has 1 aromatic heterocycles. The Morgan fingerprint density at radius 1 is 1.31 bits per heavy atom. The topological polar surface area (TPSA) is 34.2 Å². The standard InChI is InChI=1S/C12H14N2OS/c1-3-13-12-14-11(8-16-12)9-4-6-10(15-2)7-5-9/h4-8H,3H2,1-2H3,(H,13,14). The first-order valence-corrected chi connectivity index (χ1v) is 6.05. The summed E-state index contributed by atoms with van der Waals surface area (Å²) >= 11 is 1.63. The molecular formula is C12H14N2OS. The van der Waals surface area contributed by atoms with Crippen LogP contribution in [0.3, 0.4) is 0 Å². The monoisotopic (exact) mass is 234 g/mol. The van der Waals surface area contributed by atoms with Gasteiger partial charge in [0, 0.05) is 17.5 Å². The molecule has 2 aromatic rings. The number of methoxy groups -OCH3 is 1. The van der Waals surface area contributed by atoms with Gasteiger partial charge in [0.25, 0.3) is 0 Å². The van der Waals surface area contributed by atoms with Gasteiger partial charge in [-0.05, 0) is 31.2 Å². The Morgan fingerprint density at radius 2 is 2.06 bits per heavy atom. The highest BCUT2D eigenvalue weighted by atomic mass is 32.1. The van der Waals surface area contributed by atoms with Crippen LogP contribution in [0.2, 0.25) is 0 Å². The highest BCUT2D eigenvalue weighted by Gasteiger charge is 2.03. The highest BCUT2D eigenvalue weighted by molar-refractivity contribution is 7.14. The van der Waals surface area contributed by atoms with Crippen molar-refractivity contribution in [2.45, 2.75) is 6.92 Å². The molecule has 2 rings (SSSR count). The number of aromatic nitrogens is 1. The summed E-state index contributed by atoms with van der Waals surface area (Å²) in [6.45, 7) is 2.96. The zero-order chi connectivity index (χ0) is 11.4. The number of anilines is 1. The van der Waals surface area contributed by atoms with Gasteiger partial charge in [-0.1, -0.05) is 0 Å². The molecule has 0 saturated carbocycles. The van der Waals surface area contributed by atoms with Crippen molar-refractivity contribution in [3.63, 3.8) is 0 Å². The molecule has 0 radical (unpaired) electrons. The van der Waals surface area contributed by atoms with Crippen molar-refractivity contribution in [2.75, 3.05) is 19.0 Å². The Morgan fingerprint density at radius 3 is 2.69 bits per heavy atom. The summed E-state index contributed by atoms with van der Waals surface area (Å²) in [6.07, 6.45) is 0. The van der Waals surface area contributed by atoms with Crippen LogP contribution >= 0.6 is 11.3 Å². The number of thiazole rings is 1. The van der Waals surface area contributed by atoms with Gasteiger partial charge in [0.1, 0.15) is 5.75 Å². The van der Waals surface area contributed by atoms with Crippen molar-refractivity contribution < 1.29 is 4.74 Å². The van der Waals surface area contributed by atoms with Crippen LogP contribution in [-0.4, -0.2) is 18.6 Å². The van der Waals surface area contributed by atoms with E-state index in [9.17, 15) is 0 Å². The normalized spacial score (nSPS) is 10.1. The maximum absolute atomic E-state index is 5.12. The Labute approximate surface area is 99.1 Å². The van der Waals surface area contributed by atoms with E-state index in [2.05, 4.69) is 22.6 Å². The Hall–Kier alpha value is -1.55. The van der Waals surface area contributed by atoms with Crippen LogP contribution in [0.5, 0.6) is 5.75 Å². The average Bonchev–Trinajstić information content (AvgIpc) is 2.78. The second-order valence-electron chi connectivity index (χ2n) is 3.30. The zero-order valence-electron chi connectivity index (χ0n) is 9.36. The number of hydrogen-bond donors (Lipinski definition) is 1. The van der Waals surface area contributed by atoms with E-state index in [1.807, 2.05) is 24.3 Å². The third kappa shape index (κ3) is 2.33. The molecule has 0 bridgehead atoms. The van der Waals surface area contributed by atoms with Gasteiger partial charge in [0.05, 0.1) is 12.8 Å². The van der Waals surface area contributed by atoms with E-state index in [-0.39, 0.29) is 0 Å². The highest BCUT2D eigenvalue weighted by Crippen LogP contribution is 2.26. The lowest BCUT2D eigenvalue weighted by Gasteiger charge is -2.00. The largest absolute Gasteiger partial charge is 0.497 e. The van der Waals surface area contributed by atoms with E-state index in [1.54, 1.807) is 18.4 Å². The van der Waals surface area contributed by atoms with Crippen LogP contribution in [0.4, 0.5) is 5.13 Å². The van der Waals surface area contributed by atoms with E-state index in [4.69, 9.17) is 4.74 Å². The van der Waals surface area contributed by atoms with Crippen LogP contribution in [0.15, 0.2) is 29.6 Å². The summed E-state index contributed by atoms with van der Waals surface area (Å²) in [5.74, 6) is 0.867. The van der Waals surface area contributed by atoms with Gasteiger partial charge < -0.3 is 10.1 Å². The molecule has 0 aliphatic carbocycles. The molecule has 0 amide bonds. The first-order valence-electron chi connectivity index (χ1n) is 5.17. The molecular weight excluding hydrogens is 220 g/mol. The van der Waals surface area contributed by atoms with E-state index in [0.29, 0.717) is 0 Å². The fourth-order valence-electron chi connectivity index (χ4n) is 1.40. The molecule has 1 aromatic carbocycles. The lowest BCUT2D eigenvalue weighted by atomic mass is 10.2. The Bertz CT molecular complexity index is 450. The van der Waals surface area contributed by atoms with Crippen molar-refractivity contribution in [2.24, 2.45) is 0 Å². The molecule has 16 heavy (non-hydrogen) atoms. The number of nitrogens with one attached hydrogen (secondary N) is 1. The predicted octanol–water partition coefficient (Wildman–Crippen LogP) is 3.25. The van der Waals surface area contributed by atoms with Gasteiger partial charge in [0.15, 0.2) is 5.13 Å². The predicted molar refractivity (Wildman–Crippen MR) is 68.3 cm³/mol. The molecule has 1 N–H and O–H groups in total. The van der Waals surface area contributed by atoms with Gasteiger partial charge in [-0.25, -0.2) is 4.98 Å². The molecule has 4 heteroatoms. The van der Waals surface area contributed by atoms with Crippen LogP contribution in [-0.2, 0) is 0 Å². The van der Waals surface area contributed by atoms with Crippen molar-refractivity contribution in [3.8, 4) is 17.0 Å². The van der Waals surface area contributed by atoms with Gasteiger partial charge in [-0.2, -0.15) is 0 Å². The first kappa shape index (κ1) is 11.0. The smallest absolute Gasteiger partial charge is 0.183 e. The molecule has 0 atom stereocenters. The molecule has 0 unspecified atom stereocenters. The maximum atomic E-state index is 5.12.